The van der Waals surface area contributed by atoms with Gasteiger partial charge in [0.1, 0.15) is 23.8 Å². The number of carbonyl (C=O) groups is 2. The number of anilines is 1. The normalized spacial score (nSPS) is 15.4. The number of hydrogen-bond acceptors (Lipinski definition) is 8. The molecule has 0 radical (unpaired) electrons. The van der Waals surface area contributed by atoms with Gasteiger partial charge in [-0.3, -0.25) is 4.79 Å². The van der Waals surface area contributed by atoms with Crippen LogP contribution >= 0.6 is 0 Å². The minimum Gasteiger partial charge on any atom is -0.535 e. The van der Waals surface area contributed by atoms with Crippen molar-refractivity contribution in [2.75, 3.05) is 5.73 Å². The number of aromatic carboxylic acids is 1. The van der Waals surface area contributed by atoms with Gasteiger partial charge in [0.15, 0.2) is 5.78 Å². The number of nitrogens with zero attached hydrogens (tertiary/aromatic N) is 4. The van der Waals surface area contributed by atoms with Crippen molar-refractivity contribution in [2.24, 2.45) is 0 Å². The van der Waals surface area contributed by atoms with Gasteiger partial charge in [0.25, 0.3) is 0 Å². The van der Waals surface area contributed by atoms with Crippen LogP contribution in [0.3, 0.4) is 0 Å². The third-order valence-corrected chi connectivity index (χ3v) is 4.90. The molecule has 0 bridgehead atoms. The second-order valence-corrected chi connectivity index (χ2v) is 7.09. The number of carbonyl (C=O) groups excluding carboxylic acids is 1. The summed E-state index contributed by atoms with van der Waals surface area (Å²) < 4.78 is 6.85. The summed E-state index contributed by atoms with van der Waals surface area (Å²) in [7, 11) is -1.27. The molecule has 3 aromatic rings. The number of nitrogens with two attached hydrogens (primary N) is 1. The van der Waals surface area contributed by atoms with E-state index >= 15 is 0 Å². The van der Waals surface area contributed by atoms with Crippen LogP contribution in [-0.2, 0) is 17.8 Å². The molecule has 3 heterocycles. The quantitative estimate of drug-likeness (QED) is 0.509. The van der Waals surface area contributed by atoms with Crippen molar-refractivity contribution >= 4 is 24.7 Å². The first-order valence-electron chi connectivity index (χ1n) is 9.24. The minimum atomic E-state index is -1.27. The van der Waals surface area contributed by atoms with Crippen molar-refractivity contribution in [2.45, 2.75) is 25.2 Å². The lowest BCUT2D eigenvalue weighted by Gasteiger charge is -2.27. The van der Waals surface area contributed by atoms with Gasteiger partial charge in [0.2, 0.25) is 0 Å². The smallest absolute Gasteiger partial charge is 0.526 e. The SMILES string of the molecule is Nc1ccc(-c2cn(CC(=O)C[C@H]3Cc4cccc(C(=O)O)c4OB3O)nn2)cn1. The summed E-state index contributed by atoms with van der Waals surface area (Å²) in [6.45, 7) is -0.0133. The maximum Gasteiger partial charge on any atom is 0.526 e. The number of Topliss-reactive ketones (excluding diaryl/α,β-unsaturated/α-hetero) is 1. The van der Waals surface area contributed by atoms with Crippen molar-refractivity contribution in [3.63, 3.8) is 0 Å². The van der Waals surface area contributed by atoms with Crippen LogP contribution in [0.15, 0.2) is 42.7 Å². The maximum absolute atomic E-state index is 12.5. The van der Waals surface area contributed by atoms with Crippen molar-refractivity contribution in [1.82, 2.24) is 20.0 Å². The predicted molar refractivity (Wildman–Crippen MR) is 107 cm³/mol. The lowest BCUT2D eigenvalue weighted by atomic mass is 9.64. The first-order chi connectivity index (χ1) is 14.4. The average Bonchev–Trinajstić information content (AvgIpc) is 3.16. The van der Waals surface area contributed by atoms with Crippen molar-refractivity contribution < 1.29 is 24.4 Å². The molecule has 0 unspecified atom stereocenters. The predicted octanol–water partition coefficient (Wildman–Crippen LogP) is 1.07. The Balaban J connectivity index is 1.42. The van der Waals surface area contributed by atoms with Gasteiger partial charge in [0.05, 0.1) is 11.8 Å². The second kappa shape index (κ2) is 7.95. The van der Waals surface area contributed by atoms with Crippen LogP contribution in [-0.4, -0.2) is 49.0 Å². The molecule has 1 aliphatic rings. The molecule has 0 saturated heterocycles. The molecule has 0 saturated carbocycles. The van der Waals surface area contributed by atoms with E-state index in [1.54, 1.807) is 36.7 Å². The zero-order chi connectivity index (χ0) is 21.3. The zero-order valence-corrected chi connectivity index (χ0v) is 15.8. The van der Waals surface area contributed by atoms with E-state index in [0.29, 0.717) is 23.5 Å². The number of benzene rings is 1. The van der Waals surface area contributed by atoms with E-state index in [4.69, 9.17) is 10.4 Å². The number of carboxylic acid groups (broad SMARTS) is 1. The highest BCUT2D eigenvalue weighted by molar-refractivity contribution is 6.47. The summed E-state index contributed by atoms with van der Waals surface area (Å²) in [4.78, 5) is 27.8. The van der Waals surface area contributed by atoms with E-state index in [2.05, 4.69) is 15.3 Å². The second-order valence-electron chi connectivity index (χ2n) is 7.09. The molecular formula is C19H18BN5O5. The van der Waals surface area contributed by atoms with Crippen LogP contribution in [0.4, 0.5) is 5.82 Å². The van der Waals surface area contributed by atoms with E-state index in [9.17, 15) is 19.7 Å². The molecule has 30 heavy (non-hydrogen) atoms. The van der Waals surface area contributed by atoms with E-state index in [1.807, 2.05) is 0 Å². The van der Waals surface area contributed by atoms with Gasteiger partial charge in [-0.15, -0.1) is 5.10 Å². The lowest BCUT2D eigenvalue weighted by Crippen LogP contribution is -2.36. The molecule has 0 amide bonds. The highest BCUT2D eigenvalue weighted by atomic mass is 16.5. The van der Waals surface area contributed by atoms with E-state index in [1.165, 1.54) is 10.7 Å². The van der Waals surface area contributed by atoms with Crippen LogP contribution < -0.4 is 10.4 Å². The summed E-state index contributed by atoms with van der Waals surface area (Å²) in [6.07, 6.45) is 3.59. The van der Waals surface area contributed by atoms with Gasteiger partial charge in [-0.25, -0.2) is 14.5 Å². The summed E-state index contributed by atoms with van der Waals surface area (Å²) in [5.41, 5.74) is 7.50. The van der Waals surface area contributed by atoms with E-state index in [0.717, 1.165) is 5.56 Å². The standard InChI is InChI=1S/C19H18BN5O5/c21-17-5-4-12(8-22-17)16-10-25(24-23-16)9-14(26)7-13-6-11-2-1-3-15(19(27)28)18(11)30-20(13)29/h1-5,8,10,13,29H,6-7,9H2,(H2,21,22)(H,27,28)/t13-/m1/s1. The molecule has 10 nitrogen and oxygen atoms in total. The Bertz CT molecular complexity index is 1100. The highest BCUT2D eigenvalue weighted by Gasteiger charge is 2.37. The van der Waals surface area contributed by atoms with Crippen molar-refractivity contribution in [1.29, 1.82) is 0 Å². The Hall–Kier alpha value is -3.73. The number of nitrogen functional groups attached to an aromatic ring is 1. The molecule has 0 fully saturated rings. The molecular weight excluding hydrogens is 389 g/mol. The number of carboxylic acids is 1. The fourth-order valence-corrected chi connectivity index (χ4v) is 3.43. The Morgan fingerprint density at radius 3 is 2.87 bits per heavy atom. The van der Waals surface area contributed by atoms with E-state index < -0.39 is 18.9 Å². The summed E-state index contributed by atoms with van der Waals surface area (Å²) in [6, 6.07) is 8.17. The summed E-state index contributed by atoms with van der Waals surface area (Å²) >= 11 is 0. The average molecular weight is 407 g/mol. The third-order valence-electron chi connectivity index (χ3n) is 4.90. The highest BCUT2D eigenvalue weighted by Crippen LogP contribution is 2.36. The number of ketones is 1. The van der Waals surface area contributed by atoms with Crippen LogP contribution in [0.1, 0.15) is 22.3 Å². The lowest BCUT2D eigenvalue weighted by molar-refractivity contribution is -0.120. The molecule has 4 N–H and O–H groups in total. The minimum absolute atomic E-state index is 0.0105. The summed E-state index contributed by atoms with van der Waals surface area (Å²) in [5, 5.41) is 27.6. The number of pyridine rings is 1. The molecule has 1 atom stereocenters. The Labute approximate surface area is 171 Å². The Morgan fingerprint density at radius 2 is 2.13 bits per heavy atom. The fourth-order valence-electron chi connectivity index (χ4n) is 3.43. The Kier molecular flexibility index (Phi) is 5.19. The van der Waals surface area contributed by atoms with Gasteiger partial charge >= 0.3 is 13.1 Å². The molecule has 0 spiro atoms. The van der Waals surface area contributed by atoms with Crippen LogP contribution in [0.25, 0.3) is 11.3 Å². The van der Waals surface area contributed by atoms with Crippen LogP contribution in [0, 0.1) is 0 Å². The van der Waals surface area contributed by atoms with Crippen LogP contribution in [0.5, 0.6) is 5.75 Å². The van der Waals surface area contributed by atoms with Gasteiger partial charge in [-0.2, -0.15) is 0 Å². The molecule has 1 aromatic carbocycles. The number of aromatic nitrogens is 4. The largest absolute Gasteiger partial charge is 0.535 e. The Morgan fingerprint density at radius 1 is 1.30 bits per heavy atom. The number of fused-ring (bicyclic) bond motifs is 1. The molecule has 11 heteroatoms. The maximum atomic E-state index is 12.5. The molecule has 1 aliphatic heterocycles. The molecule has 0 aliphatic carbocycles. The van der Waals surface area contributed by atoms with Gasteiger partial charge in [0, 0.05) is 24.0 Å². The first kappa shape index (κ1) is 19.6. The number of rotatable bonds is 6. The van der Waals surface area contributed by atoms with Gasteiger partial charge < -0.3 is 20.5 Å². The summed E-state index contributed by atoms with van der Waals surface area (Å²) in [5.74, 6) is -1.23. The van der Waals surface area contributed by atoms with Crippen LogP contribution in [0.2, 0.25) is 5.82 Å². The first-order valence-corrected chi connectivity index (χ1v) is 9.24. The number of hydrogen-bond donors (Lipinski definition) is 3. The van der Waals surface area contributed by atoms with Gasteiger partial charge in [-0.05, 0) is 30.2 Å². The topological polar surface area (TPSA) is 153 Å². The van der Waals surface area contributed by atoms with E-state index in [-0.39, 0.29) is 30.1 Å². The van der Waals surface area contributed by atoms with Crippen molar-refractivity contribution in [3.8, 4) is 17.0 Å². The monoisotopic (exact) mass is 407 g/mol. The molecule has 4 rings (SSSR count). The molecule has 152 valence electrons. The zero-order valence-electron chi connectivity index (χ0n) is 15.8. The fraction of sp³-hybridized carbons (Fsp3) is 0.211. The van der Waals surface area contributed by atoms with Gasteiger partial charge in [-0.1, -0.05) is 17.3 Å². The van der Waals surface area contributed by atoms with Crippen molar-refractivity contribution in [3.05, 3.63) is 53.9 Å². The number of para-hydroxylation sites is 1. The molecule has 2 aromatic heterocycles. The third kappa shape index (κ3) is 4.01.